The fourth-order valence-electron chi connectivity index (χ4n) is 1.60. The zero-order valence-corrected chi connectivity index (χ0v) is 11.3. The van der Waals surface area contributed by atoms with Gasteiger partial charge in [-0.05, 0) is 28.1 Å². The van der Waals surface area contributed by atoms with E-state index in [1.807, 2.05) is 42.2 Å². The second kappa shape index (κ2) is 5.93. The van der Waals surface area contributed by atoms with Crippen molar-refractivity contribution >= 4 is 15.9 Å². The van der Waals surface area contributed by atoms with E-state index >= 15 is 0 Å². The second-order valence-electron chi connectivity index (χ2n) is 3.83. The lowest BCUT2D eigenvalue weighted by Crippen LogP contribution is -2.18. The van der Waals surface area contributed by atoms with Crippen LogP contribution in [0, 0.1) is 0 Å². The Morgan fingerprint density at radius 1 is 1.41 bits per heavy atom. The van der Waals surface area contributed by atoms with Gasteiger partial charge in [0.2, 0.25) is 0 Å². The number of hydrogen-bond acceptors (Lipinski definition) is 3. The van der Waals surface area contributed by atoms with Gasteiger partial charge in [0.25, 0.3) is 0 Å². The molecule has 2 aromatic rings. The highest BCUT2D eigenvalue weighted by atomic mass is 79.9. The number of nitrogens with one attached hydrogen (secondary N) is 1. The molecular weight excluding hydrogens is 280 g/mol. The molecule has 1 N–H and O–H groups in total. The first-order chi connectivity index (χ1) is 8.25. The molecule has 0 bridgehead atoms. The molecule has 0 saturated carbocycles. The van der Waals surface area contributed by atoms with Crippen molar-refractivity contribution in [2.75, 3.05) is 6.54 Å². The molecule has 0 aliphatic carbocycles. The highest BCUT2D eigenvalue weighted by Gasteiger charge is 1.99. The highest BCUT2D eigenvalue weighted by Crippen LogP contribution is 2.05. The molecule has 0 fully saturated rings. The van der Waals surface area contributed by atoms with Gasteiger partial charge in [0, 0.05) is 39.0 Å². The standard InChI is InChI=1S/C12H15BrN4/c1-17-8-7-15-12(17)5-6-14-9-10-3-2-4-11(13)16-10/h2-4,7-8,14H,5-6,9H2,1H3. The Labute approximate surface area is 109 Å². The minimum absolute atomic E-state index is 0.782. The molecule has 0 aliphatic heterocycles. The molecule has 17 heavy (non-hydrogen) atoms. The Hall–Kier alpha value is -1.20. The zero-order valence-electron chi connectivity index (χ0n) is 9.73. The molecule has 0 aliphatic rings. The van der Waals surface area contributed by atoms with Gasteiger partial charge >= 0.3 is 0 Å². The number of halogens is 1. The van der Waals surface area contributed by atoms with Crippen molar-refractivity contribution in [3.05, 3.63) is 46.7 Å². The van der Waals surface area contributed by atoms with E-state index in [2.05, 4.69) is 31.2 Å². The molecule has 0 aromatic carbocycles. The van der Waals surface area contributed by atoms with E-state index in [0.29, 0.717) is 0 Å². The van der Waals surface area contributed by atoms with Crippen molar-refractivity contribution < 1.29 is 0 Å². The lowest BCUT2D eigenvalue weighted by molar-refractivity contribution is 0.646. The van der Waals surface area contributed by atoms with Gasteiger partial charge in [0.1, 0.15) is 10.4 Å². The third-order valence-corrected chi connectivity index (χ3v) is 2.97. The molecule has 0 radical (unpaired) electrons. The number of aryl methyl sites for hydroxylation is 1. The minimum atomic E-state index is 0.782. The summed E-state index contributed by atoms with van der Waals surface area (Å²) in [5.74, 6) is 1.10. The fourth-order valence-corrected chi connectivity index (χ4v) is 1.98. The van der Waals surface area contributed by atoms with Crippen molar-refractivity contribution in [3.63, 3.8) is 0 Å². The zero-order chi connectivity index (χ0) is 12.1. The van der Waals surface area contributed by atoms with Gasteiger partial charge in [-0.2, -0.15) is 0 Å². The van der Waals surface area contributed by atoms with Crippen LogP contribution in [0.3, 0.4) is 0 Å². The average molecular weight is 295 g/mol. The van der Waals surface area contributed by atoms with E-state index in [4.69, 9.17) is 0 Å². The van der Waals surface area contributed by atoms with E-state index in [-0.39, 0.29) is 0 Å². The minimum Gasteiger partial charge on any atom is -0.338 e. The molecule has 4 nitrogen and oxygen atoms in total. The van der Waals surface area contributed by atoms with Gasteiger partial charge in [0.05, 0.1) is 5.69 Å². The van der Waals surface area contributed by atoms with Crippen LogP contribution in [0.4, 0.5) is 0 Å². The van der Waals surface area contributed by atoms with Gasteiger partial charge in [-0.15, -0.1) is 0 Å². The van der Waals surface area contributed by atoms with Gasteiger partial charge in [-0.25, -0.2) is 9.97 Å². The summed E-state index contributed by atoms with van der Waals surface area (Å²) in [5.41, 5.74) is 1.04. The van der Waals surface area contributed by atoms with Crippen LogP contribution >= 0.6 is 15.9 Å². The third kappa shape index (κ3) is 3.64. The van der Waals surface area contributed by atoms with E-state index in [0.717, 1.165) is 35.6 Å². The normalized spacial score (nSPS) is 10.7. The quantitative estimate of drug-likeness (QED) is 0.677. The van der Waals surface area contributed by atoms with Crippen LogP contribution in [-0.2, 0) is 20.0 Å². The maximum Gasteiger partial charge on any atom is 0.109 e. The summed E-state index contributed by atoms with van der Waals surface area (Å²) in [7, 11) is 2.01. The average Bonchev–Trinajstić information content (AvgIpc) is 2.71. The highest BCUT2D eigenvalue weighted by molar-refractivity contribution is 9.10. The predicted octanol–water partition coefficient (Wildman–Crippen LogP) is 1.91. The summed E-state index contributed by atoms with van der Waals surface area (Å²) in [4.78, 5) is 8.63. The molecule has 90 valence electrons. The summed E-state index contributed by atoms with van der Waals surface area (Å²) in [6.45, 7) is 1.68. The van der Waals surface area contributed by atoms with Gasteiger partial charge in [-0.3, -0.25) is 0 Å². The van der Waals surface area contributed by atoms with E-state index in [1.165, 1.54) is 0 Å². The number of rotatable bonds is 5. The number of aromatic nitrogens is 3. The molecular formula is C12H15BrN4. The Kier molecular flexibility index (Phi) is 4.28. The van der Waals surface area contributed by atoms with Crippen LogP contribution in [0.1, 0.15) is 11.5 Å². The van der Waals surface area contributed by atoms with Gasteiger partial charge in [0.15, 0.2) is 0 Å². The largest absolute Gasteiger partial charge is 0.338 e. The van der Waals surface area contributed by atoms with Crippen LogP contribution < -0.4 is 5.32 Å². The monoisotopic (exact) mass is 294 g/mol. The molecule has 2 aromatic heterocycles. The third-order valence-electron chi connectivity index (χ3n) is 2.53. The second-order valence-corrected chi connectivity index (χ2v) is 4.65. The fraction of sp³-hybridized carbons (Fsp3) is 0.333. The van der Waals surface area contributed by atoms with Crippen molar-refractivity contribution in [1.82, 2.24) is 19.9 Å². The molecule has 0 unspecified atom stereocenters. The summed E-state index contributed by atoms with van der Waals surface area (Å²) >= 11 is 3.36. The van der Waals surface area contributed by atoms with Crippen LogP contribution in [0.5, 0.6) is 0 Å². The first kappa shape index (κ1) is 12.3. The Morgan fingerprint density at radius 2 is 2.29 bits per heavy atom. The van der Waals surface area contributed by atoms with Gasteiger partial charge in [-0.1, -0.05) is 6.07 Å². The first-order valence-electron chi connectivity index (χ1n) is 5.54. The smallest absolute Gasteiger partial charge is 0.109 e. The molecule has 2 heterocycles. The van der Waals surface area contributed by atoms with E-state index < -0.39 is 0 Å². The maximum absolute atomic E-state index is 4.36. The van der Waals surface area contributed by atoms with E-state index in [9.17, 15) is 0 Å². The Balaban J connectivity index is 1.75. The molecule has 0 spiro atoms. The van der Waals surface area contributed by atoms with Crippen molar-refractivity contribution in [1.29, 1.82) is 0 Å². The van der Waals surface area contributed by atoms with Crippen molar-refractivity contribution in [2.24, 2.45) is 7.05 Å². The Morgan fingerprint density at radius 3 is 3.00 bits per heavy atom. The van der Waals surface area contributed by atoms with Crippen LogP contribution in [0.25, 0.3) is 0 Å². The maximum atomic E-state index is 4.36. The number of hydrogen-bond donors (Lipinski definition) is 1. The predicted molar refractivity (Wildman–Crippen MR) is 70.6 cm³/mol. The molecule has 0 saturated heterocycles. The SMILES string of the molecule is Cn1ccnc1CCNCc1cccc(Br)n1. The molecule has 2 rings (SSSR count). The topological polar surface area (TPSA) is 42.7 Å². The number of nitrogens with zero attached hydrogens (tertiary/aromatic N) is 3. The molecule has 5 heteroatoms. The lowest BCUT2D eigenvalue weighted by atomic mass is 10.3. The summed E-state index contributed by atoms with van der Waals surface area (Å²) < 4.78 is 2.92. The van der Waals surface area contributed by atoms with Crippen LogP contribution in [0.15, 0.2) is 35.2 Å². The summed E-state index contributed by atoms with van der Waals surface area (Å²) in [6.07, 6.45) is 4.72. The number of pyridine rings is 1. The number of imidazole rings is 1. The first-order valence-corrected chi connectivity index (χ1v) is 6.33. The van der Waals surface area contributed by atoms with Crippen molar-refractivity contribution in [3.8, 4) is 0 Å². The summed E-state index contributed by atoms with van der Waals surface area (Å²) in [6, 6.07) is 5.93. The lowest BCUT2D eigenvalue weighted by Gasteiger charge is -2.05. The molecule has 0 atom stereocenters. The van der Waals surface area contributed by atoms with Gasteiger partial charge < -0.3 is 9.88 Å². The summed E-state index contributed by atoms with van der Waals surface area (Å²) in [5, 5.41) is 3.36. The van der Waals surface area contributed by atoms with Crippen molar-refractivity contribution in [2.45, 2.75) is 13.0 Å². The molecule has 0 amide bonds. The van der Waals surface area contributed by atoms with Crippen LogP contribution in [0.2, 0.25) is 0 Å². The Bertz CT molecular complexity index is 481. The van der Waals surface area contributed by atoms with Crippen LogP contribution in [-0.4, -0.2) is 21.1 Å². The van der Waals surface area contributed by atoms with E-state index in [1.54, 1.807) is 0 Å².